The van der Waals surface area contributed by atoms with Crippen molar-refractivity contribution in [3.63, 3.8) is 0 Å². The van der Waals surface area contributed by atoms with E-state index in [0.29, 0.717) is 37.3 Å². The van der Waals surface area contributed by atoms with Gasteiger partial charge in [-0.1, -0.05) is 6.92 Å². The molecule has 0 aromatic heterocycles. The van der Waals surface area contributed by atoms with Gasteiger partial charge in [-0.05, 0) is 43.1 Å². The molecule has 0 radical (unpaired) electrons. The molecule has 0 saturated heterocycles. The summed E-state index contributed by atoms with van der Waals surface area (Å²) in [7, 11) is 0. The van der Waals surface area contributed by atoms with E-state index in [1.807, 2.05) is 0 Å². The van der Waals surface area contributed by atoms with Crippen LogP contribution >= 0.6 is 0 Å². The summed E-state index contributed by atoms with van der Waals surface area (Å²) in [5.74, 6) is 0.508. The molecule has 5 heteroatoms. The minimum absolute atomic E-state index is 0.425. The van der Waals surface area contributed by atoms with Crippen LogP contribution in [-0.4, -0.2) is 13.2 Å². The molecule has 0 unspecified atom stereocenters. The summed E-state index contributed by atoms with van der Waals surface area (Å²) < 4.78 is 42.8. The lowest BCUT2D eigenvalue weighted by atomic mass is 10.1. The van der Waals surface area contributed by atoms with Gasteiger partial charge in [0.05, 0.1) is 12.2 Å². The van der Waals surface area contributed by atoms with Crippen LogP contribution in [0.1, 0.15) is 24.5 Å². The molecule has 2 nitrogen and oxygen atoms in total. The first-order valence-corrected chi connectivity index (χ1v) is 5.52. The number of halogens is 3. The predicted molar refractivity (Wildman–Crippen MR) is 60.0 cm³/mol. The average Bonchev–Trinajstić information content (AvgIpc) is 2.28. The molecule has 1 rings (SSSR count). The third-order valence-electron chi connectivity index (χ3n) is 2.37. The third kappa shape index (κ3) is 3.93. The van der Waals surface area contributed by atoms with E-state index in [9.17, 15) is 13.2 Å². The zero-order valence-corrected chi connectivity index (χ0v) is 9.68. The Labute approximate surface area is 98.6 Å². The predicted octanol–water partition coefficient (Wildman–Crippen LogP) is 3.00. The fourth-order valence-corrected chi connectivity index (χ4v) is 1.44. The average molecular weight is 247 g/mol. The largest absolute Gasteiger partial charge is 0.493 e. The van der Waals surface area contributed by atoms with Crippen molar-refractivity contribution in [1.29, 1.82) is 0 Å². The van der Waals surface area contributed by atoms with E-state index in [1.165, 1.54) is 6.07 Å². The second kappa shape index (κ2) is 5.91. The molecule has 0 heterocycles. The Morgan fingerprint density at radius 1 is 1.29 bits per heavy atom. The van der Waals surface area contributed by atoms with E-state index >= 15 is 0 Å². The minimum Gasteiger partial charge on any atom is -0.493 e. The van der Waals surface area contributed by atoms with Gasteiger partial charge in [0, 0.05) is 0 Å². The normalized spacial score (nSPS) is 11.6. The molecule has 0 aliphatic heterocycles. The van der Waals surface area contributed by atoms with Gasteiger partial charge in [-0.25, -0.2) is 0 Å². The molecule has 0 fully saturated rings. The van der Waals surface area contributed by atoms with Gasteiger partial charge < -0.3 is 10.5 Å². The SMILES string of the molecule is CCc1cc(C(F)(F)F)ccc1OCCCN. The smallest absolute Gasteiger partial charge is 0.416 e. The van der Waals surface area contributed by atoms with Crippen molar-refractivity contribution in [1.82, 2.24) is 0 Å². The summed E-state index contributed by atoms with van der Waals surface area (Å²) in [6.45, 7) is 2.72. The van der Waals surface area contributed by atoms with Gasteiger partial charge in [-0.2, -0.15) is 13.2 Å². The third-order valence-corrected chi connectivity index (χ3v) is 2.37. The van der Waals surface area contributed by atoms with Gasteiger partial charge in [0.25, 0.3) is 0 Å². The van der Waals surface area contributed by atoms with E-state index < -0.39 is 11.7 Å². The van der Waals surface area contributed by atoms with Gasteiger partial charge in [-0.3, -0.25) is 0 Å². The number of ether oxygens (including phenoxy) is 1. The van der Waals surface area contributed by atoms with Crippen molar-refractivity contribution in [3.8, 4) is 5.75 Å². The maximum Gasteiger partial charge on any atom is 0.416 e. The molecule has 2 N–H and O–H groups in total. The van der Waals surface area contributed by atoms with Crippen molar-refractivity contribution in [3.05, 3.63) is 29.3 Å². The Morgan fingerprint density at radius 2 is 2.00 bits per heavy atom. The van der Waals surface area contributed by atoms with Crippen LogP contribution in [0.2, 0.25) is 0 Å². The summed E-state index contributed by atoms with van der Waals surface area (Å²) >= 11 is 0. The van der Waals surface area contributed by atoms with Crippen LogP contribution in [-0.2, 0) is 12.6 Å². The zero-order chi connectivity index (χ0) is 12.9. The lowest BCUT2D eigenvalue weighted by Crippen LogP contribution is -2.09. The molecule has 0 atom stereocenters. The molecule has 17 heavy (non-hydrogen) atoms. The van der Waals surface area contributed by atoms with Gasteiger partial charge in [0.2, 0.25) is 0 Å². The second-order valence-electron chi connectivity index (χ2n) is 3.66. The molecule has 0 aliphatic carbocycles. The number of hydrogen-bond acceptors (Lipinski definition) is 2. The van der Waals surface area contributed by atoms with Crippen molar-refractivity contribution in [2.45, 2.75) is 25.9 Å². The van der Waals surface area contributed by atoms with Gasteiger partial charge in [0.1, 0.15) is 5.75 Å². The van der Waals surface area contributed by atoms with E-state index in [4.69, 9.17) is 10.5 Å². The number of hydrogen-bond donors (Lipinski definition) is 1. The van der Waals surface area contributed by atoms with Gasteiger partial charge >= 0.3 is 6.18 Å². The maximum absolute atomic E-state index is 12.5. The number of nitrogens with two attached hydrogens (primary N) is 1. The molecular formula is C12H16F3NO. The molecule has 0 aliphatic rings. The Morgan fingerprint density at radius 3 is 2.53 bits per heavy atom. The molecule has 0 amide bonds. The lowest BCUT2D eigenvalue weighted by molar-refractivity contribution is -0.137. The summed E-state index contributed by atoms with van der Waals surface area (Å²) in [5.41, 5.74) is 5.24. The molecular weight excluding hydrogens is 231 g/mol. The first-order valence-electron chi connectivity index (χ1n) is 5.52. The lowest BCUT2D eigenvalue weighted by Gasteiger charge is -2.13. The van der Waals surface area contributed by atoms with E-state index in [-0.39, 0.29) is 0 Å². The molecule has 1 aromatic rings. The van der Waals surface area contributed by atoms with Crippen LogP contribution in [0, 0.1) is 0 Å². The van der Waals surface area contributed by atoms with Gasteiger partial charge in [-0.15, -0.1) is 0 Å². The molecule has 0 bridgehead atoms. The molecule has 0 spiro atoms. The maximum atomic E-state index is 12.5. The van der Waals surface area contributed by atoms with Crippen molar-refractivity contribution in [2.24, 2.45) is 5.73 Å². The van der Waals surface area contributed by atoms with Crippen LogP contribution in [0.15, 0.2) is 18.2 Å². The fourth-order valence-electron chi connectivity index (χ4n) is 1.44. The Balaban J connectivity index is 2.86. The minimum atomic E-state index is -4.31. The Hall–Kier alpha value is -1.23. The quantitative estimate of drug-likeness (QED) is 0.812. The first kappa shape index (κ1) is 13.8. The number of alkyl halides is 3. The van der Waals surface area contributed by atoms with E-state index in [1.54, 1.807) is 6.92 Å². The summed E-state index contributed by atoms with van der Waals surface area (Å²) in [4.78, 5) is 0. The topological polar surface area (TPSA) is 35.2 Å². The monoisotopic (exact) mass is 247 g/mol. The van der Waals surface area contributed by atoms with Crippen LogP contribution in [0.3, 0.4) is 0 Å². The summed E-state index contributed by atoms with van der Waals surface area (Å²) in [6, 6.07) is 3.55. The van der Waals surface area contributed by atoms with Crippen molar-refractivity contribution >= 4 is 0 Å². The Bertz CT molecular complexity index is 363. The number of rotatable bonds is 5. The zero-order valence-electron chi connectivity index (χ0n) is 9.68. The fraction of sp³-hybridized carbons (Fsp3) is 0.500. The van der Waals surface area contributed by atoms with Crippen LogP contribution in [0.25, 0.3) is 0 Å². The highest BCUT2D eigenvalue weighted by Crippen LogP contribution is 2.32. The molecule has 96 valence electrons. The first-order chi connectivity index (χ1) is 7.99. The van der Waals surface area contributed by atoms with Crippen LogP contribution in [0.5, 0.6) is 5.75 Å². The molecule has 1 aromatic carbocycles. The number of aryl methyl sites for hydroxylation is 1. The van der Waals surface area contributed by atoms with Crippen molar-refractivity contribution < 1.29 is 17.9 Å². The van der Waals surface area contributed by atoms with Gasteiger partial charge in [0.15, 0.2) is 0 Å². The summed E-state index contributed by atoms with van der Waals surface area (Å²) in [5, 5.41) is 0. The van der Waals surface area contributed by atoms with Crippen LogP contribution in [0.4, 0.5) is 13.2 Å². The van der Waals surface area contributed by atoms with E-state index in [2.05, 4.69) is 0 Å². The highest BCUT2D eigenvalue weighted by Gasteiger charge is 2.30. The summed E-state index contributed by atoms with van der Waals surface area (Å²) in [6.07, 6.45) is -3.12. The van der Waals surface area contributed by atoms with Crippen molar-refractivity contribution in [2.75, 3.05) is 13.2 Å². The highest BCUT2D eigenvalue weighted by atomic mass is 19.4. The number of benzene rings is 1. The standard InChI is InChI=1S/C12H16F3NO/c1-2-9-8-10(12(13,14)15)4-5-11(9)17-7-3-6-16/h4-5,8H,2-3,6-7,16H2,1H3. The highest BCUT2D eigenvalue weighted by molar-refractivity contribution is 5.38. The second-order valence-corrected chi connectivity index (χ2v) is 3.66. The van der Waals surface area contributed by atoms with Crippen LogP contribution < -0.4 is 10.5 Å². The molecule has 0 saturated carbocycles. The van der Waals surface area contributed by atoms with E-state index in [0.717, 1.165) is 12.1 Å². The Kier molecular flexibility index (Phi) is 4.81.